The summed E-state index contributed by atoms with van der Waals surface area (Å²) in [5.41, 5.74) is 13.3. The molecule has 198 valence electrons. The molecular weight excluding hydrogens is 548 g/mol. The van der Waals surface area contributed by atoms with Gasteiger partial charge in [-0.25, -0.2) is 4.39 Å². The van der Waals surface area contributed by atoms with Gasteiger partial charge in [-0.15, -0.1) is 0 Å². The van der Waals surface area contributed by atoms with Crippen LogP contribution in [0.5, 0.6) is 6.01 Å². The van der Waals surface area contributed by atoms with Crippen molar-refractivity contribution < 1.29 is 18.7 Å². The molecule has 3 heterocycles. The number of nitrogen functional groups attached to an aromatic ring is 1. The number of aromatic nitrogens is 2. The van der Waals surface area contributed by atoms with Crippen molar-refractivity contribution in [2.75, 3.05) is 44.4 Å². The molecule has 1 aromatic heterocycles. The van der Waals surface area contributed by atoms with Crippen LogP contribution in [-0.4, -0.2) is 55.4 Å². The zero-order chi connectivity index (χ0) is 26.9. The first-order chi connectivity index (χ1) is 17.7. The van der Waals surface area contributed by atoms with Gasteiger partial charge in [0.2, 0.25) is 0 Å². The van der Waals surface area contributed by atoms with Crippen LogP contribution in [0, 0.1) is 5.82 Å². The van der Waals surface area contributed by atoms with Crippen molar-refractivity contribution in [3.63, 3.8) is 0 Å². The van der Waals surface area contributed by atoms with Gasteiger partial charge in [0.25, 0.3) is 5.91 Å². The molecule has 0 fully saturated rings. The average Bonchev–Trinajstić information content (AvgIpc) is 3.16. The van der Waals surface area contributed by atoms with E-state index in [0.29, 0.717) is 42.3 Å². The maximum absolute atomic E-state index is 14.9. The largest absolute Gasteiger partial charge is 0.467 e. The van der Waals surface area contributed by atoms with Crippen LogP contribution in [0.2, 0.25) is 10.0 Å². The molecule has 0 radical (unpaired) electrons. The van der Waals surface area contributed by atoms with Gasteiger partial charge in [0.05, 0.1) is 58.5 Å². The Labute approximate surface area is 227 Å². The predicted octanol–water partition coefficient (Wildman–Crippen LogP) is 3.13. The quantitative estimate of drug-likeness (QED) is 0.282. The van der Waals surface area contributed by atoms with E-state index in [1.54, 1.807) is 0 Å². The molecule has 0 spiro atoms. The Bertz CT molecular complexity index is 1280. The lowest BCUT2D eigenvalue weighted by molar-refractivity contribution is -0.117. The number of ether oxygens (including phenoxy) is 2. The molecule has 0 bridgehead atoms. The highest BCUT2D eigenvalue weighted by Gasteiger charge is 2.33. The molecule has 0 aliphatic carbocycles. The summed E-state index contributed by atoms with van der Waals surface area (Å²) in [6, 6.07) is 1.39. The zero-order valence-corrected chi connectivity index (χ0v) is 22.3. The van der Waals surface area contributed by atoms with Gasteiger partial charge in [-0.1, -0.05) is 34.8 Å². The van der Waals surface area contributed by atoms with Crippen LogP contribution in [0.3, 0.4) is 0 Å². The molecule has 1 aromatic carbocycles. The van der Waals surface area contributed by atoms with E-state index in [1.807, 2.05) is 4.90 Å². The van der Waals surface area contributed by atoms with Gasteiger partial charge >= 0.3 is 6.01 Å². The predicted molar refractivity (Wildman–Crippen MR) is 141 cm³/mol. The highest BCUT2D eigenvalue weighted by Crippen LogP contribution is 2.42. The Morgan fingerprint density at radius 2 is 2.11 bits per heavy atom. The second kappa shape index (κ2) is 11.3. The van der Waals surface area contributed by atoms with E-state index in [9.17, 15) is 9.18 Å². The monoisotopic (exact) mass is 571 g/mol. The normalized spacial score (nSPS) is 18.4. The third kappa shape index (κ3) is 5.40. The summed E-state index contributed by atoms with van der Waals surface area (Å²) in [7, 11) is 2.92. The highest BCUT2D eigenvalue weighted by molar-refractivity contribution is 6.46. The number of aliphatic imine (C=N–C) groups is 1. The number of carbonyl (C=O) groups excluding carboxylic acids is 1. The molecule has 1 atom stereocenters. The Hall–Kier alpha value is -2.86. The number of benzene rings is 1. The summed E-state index contributed by atoms with van der Waals surface area (Å²) in [4.78, 5) is 27.5. The van der Waals surface area contributed by atoms with Crippen LogP contribution >= 0.6 is 34.8 Å². The molecule has 2 aliphatic heterocycles. The first-order valence-electron chi connectivity index (χ1n) is 11.3. The molecule has 1 amide bonds. The van der Waals surface area contributed by atoms with Gasteiger partial charge in [-0.05, 0) is 12.5 Å². The third-order valence-corrected chi connectivity index (χ3v) is 7.30. The minimum Gasteiger partial charge on any atom is -0.467 e. The minimum absolute atomic E-state index is 0.0339. The molecule has 2 aliphatic rings. The molecular formula is C23H25Cl3FN7O3. The average molecular weight is 573 g/mol. The number of nitrogens with two attached hydrogens (primary N) is 2. The van der Waals surface area contributed by atoms with Crippen molar-refractivity contribution in [2.24, 2.45) is 10.7 Å². The summed E-state index contributed by atoms with van der Waals surface area (Å²) in [6.45, 7) is 1.37. The van der Waals surface area contributed by atoms with Gasteiger partial charge in [0, 0.05) is 37.7 Å². The van der Waals surface area contributed by atoms with Gasteiger partial charge in [0.1, 0.15) is 11.5 Å². The fraction of sp³-hybridized carbons (Fsp3) is 0.391. The smallest absolute Gasteiger partial charge is 0.318 e. The van der Waals surface area contributed by atoms with Crippen LogP contribution in [0.25, 0.3) is 0 Å². The molecule has 0 saturated heterocycles. The fourth-order valence-corrected chi connectivity index (χ4v) is 4.87. The van der Waals surface area contributed by atoms with Crippen molar-refractivity contribution in [3.8, 4) is 6.01 Å². The molecule has 37 heavy (non-hydrogen) atoms. The van der Waals surface area contributed by atoms with E-state index in [4.69, 9.17) is 55.7 Å². The molecule has 5 N–H and O–H groups in total. The molecule has 1 unspecified atom stereocenters. The number of fused-ring (bicyclic) bond motifs is 1. The minimum atomic E-state index is -0.778. The van der Waals surface area contributed by atoms with Crippen LogP contribution in [0.1, 0.15) is 29.3 Å². The molecule has 2 aromatic rings. The Morgan fingerprint density at radius 1 is 1.35 bits per heavy atom. The van der Waals surface area contributed by atoms with Crippen LogP contribution in [0.4, 0.5) is 15.9 Å². The number of hydrogen-bond acceptors (Lipinski definition) is 9. The van der Waals surface area contributed by atoms with Crippen molar-refractivity contribution in [1.82, 2.24) is 15.3 Å². The number of amides is 1. The summed E-state index contributed by atoms with van der Waals surface area (Å²) >= 11 is 18.9. The number of nitrogens with one attached hydrogen (secondary N) is 1. The van der Waals surface area contributed by atoms with Gasteiger partial charge in [-0.2, -0.15) is 9.97 Å². The number of carbonyl (C=O) groups is 1. The zero-order valence-electron chi connectivity index (χ0n) is 20.1. The lowest BCUT2D eigenvalue weighted by atomic mass is 9.98. The number of methoxy groups -OCH3 is 1. The number of likely N-dealkylation sites (N-methyl/N-ethyl adjacent to an activating group) is 1. The summed E-state index contributed by atoms with van der Waals surface area (Å²) < 4.78 is 26.3. The lowest BCUT2D eigenvalue weighted by Gasteiger charge is -2.31. The Morgan fingerprint density at radius 3 is 2.81 bits per heavy atom. The summed E-state index contributed by atoms with van der Waals surface area (Å²) in [5.74, 6) is -0.640. The van der Waals surface area contributed by atoms with Crippen molar-refractivity contribution >= 4 is 57.9 Å². The van der Waals surface area contributed by atoms with E-state index in [1.165, 1.54) is 20.2 Å². The number of anilines is 2. The van der Waals surface area contributed by atoms with E-state index >= 15 is 0 Å². The van der Waals surface area contributed by atoms with E-state index in [0.717, 1.165) is 0 Å². The van der Waals surface area contributed by atoms with Crippen molar-refractivity contribution in [3.05, 3.63) is 49.5 Å². The second-order valence-electron chi connectivity index (χ2n) is 8.36. The standard InChI is InChI=1S/C23H25Cl3FN7O3/c1-30-22(35)20(29)18(26)14-8-34(5-3-4-31-14)21-10-9-37-15(7-13(10)32-23(33-21)36-2)16-17(25)11(24)6-12(28)19(16)27/h6,15H,3-5,7-9,28-29H2,1-2H3,(H,30,35)/b20-18+. The second-order valence-corrected chi connectivity index (χ2v) is 9.53. The van der Waals surface area contributed by atoms with Gasteiger partial charge in [-0.3, -0.25) is 9.79 Å². The molecule has 10 nitrogen and oxygen atoms in total. The maximum Gasteiger partial charge on any atom is 0.318 e. The first-order valence-corrected chi connectivity index (χ1v) is 12.4. The molecule has 4 rings (SSSR count). The van der Waals surface area contributed by atoms with Gasteiger partial charge in [0.15, 0.2) is 5.82 Å². The fourth-order valence-electron chi connectivity index (χ4n) is 4.19. The highest BCUT2D eigenvalue weighted by atomic mass is 35.5. The van der Waals surface area contributed by atoms with Crippen LogP contribution < -0.4 is 26.4 Å². The van der Waals surface area contributed by atoms with Crippen molar-refractivity contribution in [1.29, 1.82) is 0 Å². The summed E-state index contributed by atoms with van der Waals surface area (Å²) in [6.07, 6.45) is 0.0942. The van der Waals surface area contributed by atoms with Crippen molar-refractivity contribution in [2.45, 2.75) is 25.6 Å². The lowest BCUT2D eigenvalue weighted by Crippen LogP contribution is -2.34. The number of hydrogen-bond donors (Lipinski definition) is 3. The number of rotatable bonds is 5. The SMILES string of the molecule is CNC(=O)/C(N)=C(\Cl)C1=NCCCN(c2nc(OC)nc3c2COC(c2c(F)c(N)cc(Cl)c2Cl)C3)C1. The van der Waals surface area contributed by atoms with Crippen LogP contribution in [0.15, 0.2) is 21.8 Å². The number of halogens is 4. The van der Waals surface area contributed by atoms with E-state index < -0.39 is 17.8 Å². The topological polar surface area (TPSA) is 141 Å². The van der Waals surface area contributed by atoms with E-state index in [2.05, 4.69) is 20.3 Å². The summed E-state index contributed by atoms with van der Waals surface area (Å²) in [5, 5.41) is 2.68. The third-order valence-electron chi connectivity index (χ3n) is 6.07. The first kappa shape index (κ1) is 27.2. The van der Waals surface area contributed by atoms with Gasteiger partial charge < -0.3 is 31.2 Å². The number of nitrogens with zero attached hydrogens (tertiary/aromatic N) is 4. The van der Waals surface area contributed by atoms with E-state index in [-0.39, 0.29) is 57.6 Å². The van der Waals surface area contributed by atoms with Crippen LogP contribution in [-0.2, 0) is 22.6 Å². The molecule has 0 saturated carbocycles. The molecule has 14 heteroatoms. The Balaban J connectivity index is 1.71. The maximum atomic E-state index is 14.9. The Kier molecular flexibility index (Phi) is 8.27.